The lowest BCUT2D eigenvalue weighted by molar-refractivity contribution is 0.0509. The van der Waals surface area contributed by atoms with Gasteiger partial charge < -0.3 is 9.64 Å². The fraction of sp³-hybridized carbons (Fsp3) is 0.389. The van der Waals surface area contributed by atoms with Crippen LogP contribution in [-0.2, 0) is 11.3 Å². The largest absolute Gasteiger partial charge is 0.376 e. The quantitative estimate of drug-likeness (QED) is 0.663. The summed E-state index contributed by atoms with van der Waals surface area (Å²) in [6, 6.07) is 9.69. The normalized spacial score (nSPS) is 17.2. The monoisotopic (exact) mass is 381 g/mol. The van der Waals surface area contributed by atoms with Crippen LogP contribution in [0.3, 0.4) is 0 Å². The van der Waals surface area contributed by atoms with Crippen molar-refractivity contribution in [3.05, 3.63) is 51.2 Å². The molecule has 24 heavy (non-hydrogen) atoms. The summed E-state index contributed by atoms with van der Waals surface area (Å²) in [5.74, 6) is -0.0280. The average Bonchev–Trinajstić information content (AvgIpc) is 3.28. The van der Waals surface area contributed by atoms with Crippen LogP contribution in [0.2, 0.25) is 5.02 Å². The van der Waals surface area contributed by atoms with Crippen LogP contribution < -0.4 is 0 Å². The highest BCUT2D eigenvalue weighted by Crippen LogP contribution is 2.26. The zero-order chi connectivity index (χ0) is 16.9. The van der Waals surface area contributed by atoms with Gasteiger partial charge in [-0.25, -0.2) is 0 Å². The van der Waals surface area contributed by atoms with Crippen LogP contribution in [-0.4, -0.2) is 36.3 Å². The molecule has 2 heterocycles. The van der Waals surface area contributed by atoms with Crippen LogP contribution in [0.4, 0.5) is 0 Å². The Morgan fingerprint density at radius 1 is 1.46 bits per heavy atom. The van der Waals surface area contributed by atoms with E-state index in [1.54, 1.807) is 29.2 Å². The minimum atomic E-state index is -0.0280. The molecule has 1 fully saturated rings. The number of amides is 1. The van der Waals surface area contributed by atoms with Crippen molar-refractivity contribution in [1.82, 2.24) is 4.90 Å². The molecule has 6 heteroatoms. The molecular formula is C18H20ClNO2S2. The fourth-order valence-corrected chi connectivity index (χ4v) is 4.17. The van der Waals surface area contributed by atoms with Crippen molar-refractivity contribution in [3.63, 3.8) is 0 Å². The molecule has 0 aliphatic carbocycles. The third-order valence-corrected chi connectivity index (χ3v) is 5.98. The standard InChI is InChI=1S/C18H20ClNO2S2/c1-23-14-6-7-17(19)16(10-14)18(21)20(11-13-4-2-8-22-13)12-15-5-3-9-24-15/h3,5-7,9-10,13H,2,4,8,11-12H2,1H3. The summed E-state index contributed by atoms with van der Waals surface area (Å²) in [5, 5.41) is 2.53. The van der Waals surface area contributed by atoms with Crippen molar-refractivity contribution in [1.29, 1.82) is 0 Å². The van der Waals surface area contributed by atoms with Crippen LogP contribution in [0.25, 0.3) is 0 Å². The number of benzene rings is 1. The third kappa shape index (κ3) is 4.33. The van der Waals surface area contributed by atoms with E-state index >= 15 is 0 Å². The molecule has 128 valence electrons. The number of hydrogen-bond acceptors (Lipinski definition) is 4. The maximum atomic E-state index is 13.1. The van der Waals surface area contributed by atoms with Crippen LogP contribution in [0.15, 0.2) is 40.6 Å². The minimum Gasteiger partial charge on any atom is -0.376 e. The second kappa shape index (κ2) is 8.39. The van der Waals surface area contributed by atoms with E-state index in [1.807, 2.05) is 34.7 Å². The molecule has 0 radical (unpaired) electrons. The van der Waals surface area contributed by atoms with E-state index in [-0.39, 0.29) is 12.0 Å². The second-order valence-electron chi connectivity index (χ2n) is 5.75. The first-order chi connectivity index (χ1) is 11.7. The van der Waals surface area contributed by atoms with E-state index < -0.39 is 0 Å². The van der Waals surface area contributed by atoms with Crippen molar-refractivity contribution in [2.24, 2.45) is 0 Å². The van der Waals surface area contributed by atoms with E-state index in [0.29, 0.717) is 23.7 Å². The molecule has 1 aliphatic rings. The summed E-state index contributed by atoms with van der Waals surface area (Å²) in [7, 11) is 0. The van der Waals surface area contributed by atoms with Crippen molar-refractivity contribution < 1.29 is 9.53 Å². The maximum absolute atomic E-state index is 13.1. The predicted molar refractivity (Wildman–Crippen MR) is 101 cm³/mol. The Balaban J connectivity index is 1.84. The Kier molecular flexibility index (Phi) is 6.22. The first kappa shape index (κ1) is 17.8. The van der Waals surface area contributed by atoms with Gasteiger partial charge in [-0.3, -0.25) is 4.79 Å². The highest BCUT2D eigenvalue weighted by molar-refractivity contribution is 7.98. The number of ether oxygens (including phenoxy) is 1. The van der Waals surface area contributed by atoms with Gasteiger partial charge in [0.2, 0.25) is 0 Å². The third-order valence-electron chi connectivity index (χ3n) is 4.07. The molecule has 1 unspecified atom stereocenters. The lowest BCUT2D eigenvalue weighted by Gasteiger charge is -2.25. The van der Waals surface area contributed by atoms with Crippen molar-refractivity contribution in [3.8, 4) is 0 Å². The summed E-state index contributed by atoms with van der Waals surface area (Å²) in [6.45, 7) is 1.99. The summed E-state index contributed by atoms with van der Waals surface area (Å²) in [5.41, 5.74) is 0.568. The molecule has 1 aromatic carbocycles. The van der Waals surface area contributed by atoms with Gasteiger partial charge >= 0.3 is 0 Å². The van der Waals surface area contributed by atoms with Crippen LogP contribution >= 0.6 is 34.7 Å². The number of carbonyl (C=O) groups is 1. The van der Waals surface area contributed by atoms with Gasteiger partial charge in [0.1, 0.15) is 0 Å². The lowest BCUT2D eigenvalue weighted by Crippen LogP contribution is -2.36. The topological polar surface area (TPSA) is 29.5 Å². The molecule has 0 saturated carbocycles. The molecule has 2 aromatic rings. The van der Waals surface area contributed by atoms with Crippen molar-refractivity contribution in [2.45, 2.75) is 30.4 Å². The van der Waals surface area contributed by atoms with Gasteiger partial charge in [-0.2, -0.15) is 0 Å². The number of thiophene rings is 1. The number of hydrogen-bond donors (Lipinski definition) is 0. The van der Waals surface area contributed by atoms with Crippen LogP contribution in [0, 0.1) is 0 Å². The predicted octanol–water partition coefficient (Wildman–Crippen LogP) is 4.94. The van der Waals surface area contributed by atoms with Gasteiger partial charge in [0.05, 0.1) is 23.2 Å². The van der Waals surface area contributed by atoms with Crippen molar-refractivity contribution >= 4 is 40.6 Å². The SMILES string of the molecule is CSc1ccc(Cl)c(C(=O)N(Cc2cccs2)CC2CCCO2)c1. The molecule has 1 aliphatic heterocycles. The van der Waals surface area contributed by atoms with E-state index in [2.05, 4.69) is 6.07 Å². The zero-order valence-electron chi connectivity index (χ0n) is 13.5. The molecule has 0 N–H and O–H groups in total. The number of nitrogens with zero attached hydrogens (tertiary/aromatic N) is 1. The molecule has 0 spiro atoms. The smallest absolute Gasteiger partial charge is 0.255 e. The van der Waals surface area contributed by atoms with Crippen molar-refractivity contribution in [2.75, 3.05) is 19.4 Å². The van der Waals surface area contributed by atoms with E-state index in [1.165, 1.54) is 4.88 Å². The summed E-state index contributed by atoms with van der Waals surface area (Å²) >= 11 is 9.57. The van der Waals surface area contributed by atoms with Gasteiger partial charge in [0.15, 0.2) is 0 Å². The Morgan fingerprint density at radius 3 is 3.00 bits per heavy atom. The molecular weight excluding hydrogens is 362 g/mol. The molecule has 1 saturated heterocycles. The Labute approximate surface area is 156 Å². The Hall–Kier alpha value is -1.01. The lowest BCUT2D eigenvalue weighted by atomic mass is 10.1. The van der Waals surface area contributed by atoms with Gasteiger partial charge in [-0.05, 0) is 48.7 Å². The van der Waals surface area contributed by atoms with Crippen LogP contribution in [0.1, 0.15) is 28.1 Å². The summed E-state index contributed by atoms with van der Waals surface area (Å²) < 4.78 is 5.74. The van der Waals surface area contributed by atoms with Crippen LogP contribution in [0.5, 0.6) is 0 Å². The summed E-state index contributed by atoms with van der Waals surface area (Å²) in [6.07, 6.45) is 4.19. The Bertz CT molecular complexity index is 684. The van der Waals surface area contributed by atoms with Gasteiger partial charge in [0.25, 0.3) is 5.91 Å². The zero-order valence-corrected chi connectivity index (χ0v) is 15.9. The molecule has 0 bridgehead atoms. The molecule has 1 amide bonds. The number of rotatable bonds is 6. The van der Waals surface area contributed by atoms with Gasteiger partial charge in [-0.15, -0.1) is 23.1 Å². The Morgan fingerprint density at radius 2 is 2.33 bits per heavy atom. The summed E-state index contributed by atoms with van der Waals surface area (Å²) in [4.78, 5) is 17.2. The second-order valence-corrected chi connectivity index (χ2v) is 8.06. The van der Waals surface area contributed by atoms with Gasteiger partial charge in [-0.1, -0.05) is 17.7 Å². The average molecular weight is 382 g/mol. The highest BCUT2D eigenvalue weighted by atomic mass is 35.5. The molecule has 1 atom stereocenters. The molecule has 3 rings (SSSR count). The van der Waals surface area contributed by atoms with Gasteiger partial charge in [0, 0.05) is 22.9 Å². The number of halogens is 1. The first-order valence-electron chi connectivity index (χ1n) is 7.94. The van der Waals surface area contributed by atoms with E-state index in [0.717, 1.165) is 24.3 Å². The minimum absolute atomic E-state index is 0.0280. The number of thioether (sulfide) groups is 1. The van der Waals surface area contributed by atoms with E-state index in [9.17, 15) is 4.79 Å². The number of carbonyl (C=O) groups excluding carboxylic acids is 1. The van der Waals surface area contributed by atoms with E-state index in [4.69, 9.17) is 16.3 Å². The molecule has 3 nitrogen and oxygen atoms in total. The first-order valence-corrected chi connectivity index (χ1v) is 10.4. The molecule has 1 aromatic heterocycles. The fourth-order valence-electron chi connectivity index (χ4n) is 2.81. The highest BCUT2D eigenvalue weighted by Gasteiger charge is 2.25. The maximum Gasteiger partial charge on any atom is 0.255 e.